The topological polar surface area (TPSA) is 0 Å². The van der Waals surface area contributed by atoms with Gasteiger partial charge in [-0.2, -0.15) is 0 Å². The van der Waals surface area contributed by atoms with Crippen molar-refractivity contribution in [3.8, 4) is 0 Å². The van der Waals surface area contributed by atoms with Crippen molar-refractivity contribution in [1.29, 1.82) is 0 Å². The Labute approximate surface area is 283 Å². The number of hydrogen-bond acceptors (Lipinski definition) is 0. The first-order valence-corrected chi connectivity index (χ1v) is 15.7. The molecule has 2 aliphatic rings. The molecule has 0 bridgehead atoms. The molecule has 2 aliphatic carbocycles. The molecule has 4 aromatic rings. The predicted octanol–water partition coefficient (Wildman–Crippen LogP) is 4.08. The molecule has 0 saturated heterocycles. The maximum Gasteiger partial charge on any atom is -1.00 e. The van der Waals surface area contributed by atoms with Crippen molar-refractivity contribution in [2.24, 2.45) is 0 Å². The van der Waals surface area contributed by atoms with E-state index in [4.69, 9.17) is 0 Å². The maximum absolute atomic E-state index is 2.25. The zero-order chi connectivity index (χ0) is 27.7. The molecule has 0 spiro atoms. The fourth-order valence-corrected chi connectivity index (χ4v) is 4.70. The second-order valence-electron chi connectivity index (χ2n) is 10.2. The minimum Gasteiger partial charge on any atom is -1.00 e. The van der Waals surface area contributed by atoms with Gasteiger partial charge >= 0.3 is 82.6 Å². The van der Waals surface area contributed by atoms with E-state index in [0.717, 1.165) is 12.8 Å². The molecule has 0 amide bonds. The molecule has 4 heteroatoms. The van der Waals surface area contributed by atoms with Gasteiger partial charge in [-0.05, 0) is 12.8 Å². The van der Waals surface area contributed by atoms with Crippen molar-refractivity contribution >= 4 is 39.1 Å². The first kappa shape index (κ1) is 36.7. The first-order valence-electron chi connectivity index (χ1n) is 13.2. The minimum absolute atomic E-state index is 0. The Hall–Kier alpha value is -1.29. The molecule has 0 aromatic heterocycles. The molecule has 0 atom stereocenters. The molecular formula is C36H38Cl2Zr2-4. The number of halogens is 2. The van der Waals surface area contributed by atoms with Crippen LogP contribution >= 0.6 is 0 Å². The maximum atomic E-state index is 2.25. The van der Waals surface area contributed by atoms with Crippen LogP contribution in [0.4, 0.5) is 0 Å². The summed E-state index contributed by atoms with van der Waals surface area (Å²) in [6.45, 7) is 12.9. The Balaban J connectivity index is 0.000000305. The fourth-order valence-electron chi connectivity index (χ4n) is 4.70. The molecule has 0 nitrogen and oxygen atoms in total. The standard InChI is InChI=1S/2C15H13.2C3H6.2ClH.2Zr/c2*1-11-5-4-8-13(11)15-10-9-12-6-2-3-7-14(12)15;2*1-3-2;;;;/h2*2-7,9-10H,8H2,1H3;2*1-2H3;2*1H;;/q2*-1;;;;;;/p-2. The van der Waals surface area contributed by atoms with E-state index in [1.165, 1.54) is 61.4 Å². The van der Waals surface area contributed by atoms with Crippen molar-refractivity contribution in [1.82, 2.24) is 0 Å². The molecule has 0 heterocycles. The summed E-state index contributed by atoms with van der Waals surface area (Å²) in [5.74, 6) is 0. The van der Waals surface area contributed by atoms with Gasteiger partial charge in [0, 0.05) is 0 Å². The van der Waals surface area contributed by atoms with Crippen LogP contribution in [-0.4, -0.2) is 6.41 Å². The molecule has 0 fully saturated rings. The number of allylic oxidation sites excluding steroid dienone is 8. The van der Waals surface area contributed by atoms with Gasteiger partial charge in [-0.15, -0.1) is 80.2 Å². The monoisotopic (exact) mass is 720 g/mol. The minimum atomic E-state index is 0. The number of hydrogen-bond donors (Lipinski definition) is 0. The second-order valence-corrected chi connectivity index (χ2v) is 15.1. The van der Waals surface area contributed by atoms with Gasteiger partial charge in [0.2, 0.25) is 0 Å². The van der Waals surface area contributed by atoms with Gasteiger partial charge in [-0.1, -0.05) is 85.7 Å². The third kappa shape index (κ3) is 10.5. The van der Waals surface area contributed by atoms with Crippen LogP contribution < -0.4 is 24.8 Å². The number of rotatable bonds is 2. The summed E-state index contributed by atoms with van der Waals surface area (Å²) in [5, 5.41) is 5.46. The molecular weight excluding hydrogens is 686 g/mol. The van der Waals surface area contributed by atoms with Crippen LogP contribution in [0.25, 0.3) is 32.7 Å². The van der Waals surface area contributed by atoms with E-state index < -0.39 is 0 Å². The molecule has 0 radical (unpaired) electrons. The summed E-state index contributed by atoms with van der Waals surface area (Å²) >= 11 is 3.11. The summed E-state index contributed by atoms with van der Waals surface area (Å²) in [4.78, 5) is 0. The van der Waals surface area contributed by atoms with Crippen LogP contribution in [0.5, 0.6) is 0 Å². The average molecular weight is 724 g/mol. The molecule has 0 N–H and O–H groups in total. The fraction of sp³-hybridized carbons (Fsp3) is 0.222. The van der Waals surface area contributed by atoms with Crippen LogP contribution in [0.15, 0.2) is 108 Å². The van der Waals surface area contributed by atoms with E-state index in [-0.39, 0.29) is 24.8 Å². The zero-order valence-electron chi connectivity index (χ0n) is 24.4. The van der Waals surface area contributed by atoms with Gasteiger partial charge < -0.3 is 24.8 Å². The van der Waals surface area contributed by atoms with Crippen LogP contribution in [-0.2, 0) is 48.5 Å². The van der Waals surface area contributed by atoms with Crippen molar-refractivity contribution in [3.05, 3.63) is 119 Å². The molecule has 4 aromatic carbocycles. The van der Waals surface area contributed by atoms with Gasteiger partial charge in [0.05, 0.1) is 0 Å². The van der Waals surface area contributed by atoms with Crippen LogP contribution in [0.2, 0.25) is 0 Å². The molecule has 0 aliphatic heterocycles. The smallest absolute Gasteiger partial charge is 1.00 e. The Morgan fingerprint density at radius 1 is 0.575 bits per heavy atom. The molecule has 208 valence electrons. The van der Waals surface area contributed by atoms with Crippen molar-refractivity contribution in [2.45, 2.75) is 54.4 Å². The second kappa shape index (κ2) is 18.3. The first-order chi connectivity index (χ1) is 18.2. The summed E-state index contributed by atoms with van der Waals surface area (Å²) in [7, 11) is 0. The van der Waals surface area contributed by atoms with E-state index in [9.17, 15) is 0 Å². The summed E-state index contributed by atoms with van der Waals surface area (Å²) in [6, 6.07) is 26.1. The van der Waals surface area contributed by atoms with Crippen molar-refractivity contribution < 1.29 is 73.3 Å². The van der Waals surface area contributed by atoms with Crippen LogP contribution in [0.3, 0.4) is 0 Å². The van der Waals surface area contributed by atoms with Gasteiger partial charge in [0.15, 0.2) is 0 Å². The Morgan fingerprint density at radius 2 is 0.900 bits per heavy atom. The predicted molar refractivity (Wildman–Crippen MR) is 164 cm³/mol. The quantitative estimate of drug-likeness (QED) is 0.274. The van der Waals surface area contributed by atoms with E-state index in [1.807, 2.05) is 0 Å². The van der Waals surface area contributed by atoms with Crippen LogP contribution in [0, 0.1) is 0 Å². The van der Waals surface area contributed by atoms with Gasteiger partial charge in [-0.3, -0.25) is 0 Å². The summed E-state index contributed by atoms with van der Waals surface area (Å²) < 4.78 is 3.01. The molecule has 40 heavy (non-hydrogen) atoms. The molecule has 6 rings (SSSR count). The average Bonchev–Trinajstić information content (AvgIpc) is 3.65. The van der Waals surface area contributed by atoms with Gasteiger partial charge in [0.25, 0.3) is 0 Å². The zero-order valence-corrected chi connectivity index (χ0v) is 30.8. The van der Waals surface area contributed by atoms with E-state index in [0.29, 0.717) is 0 Å². The normalized spacial score (nSPS) is 12.9. The van der Waals surface area contributed by atoms with E-state index >= 15 is 0 Å². The van der Waals surface area contributed by atoms with Gasteiger partial charge in [-0.25, -0.2) is 0 Å². The SMILES string of the molecule is CC1=C([c-]2ccc3ccccc32)CC=C1.CC1=C([c-]2ccc3ccccc32)CC=C1.C[C](C)=[Zr].C[C](C)=[Zr].[Cl-].[Cl-]. The van der Waals surface area contributed by atoms with Gasteiger partial charge in [0.1, 0.15) is 0 Å². The number of fused-ring (bicyclic) bond motifs is 2. The van der Waals surface area contributed by atoms with E-state index in [1.54, 1.807) is 48.5 Å². The Morgan fingerprint density at radius 3 is 1.20 bits per heavy atom. The van der Waals surface area contributed by atoms with Crippen molar-refractivity contribution in [2.75, 3.05) is 0 Å². The largest absolute Gasteiger partial charge is 1.00 e. The Bertz CT molecular complexity index is 1430. The molecule has 0 unspecified atom stereocenters. The van der Waals surface area contributed by atoms with Crippen molar-refractivity contribution in [3.63, 3.8) is 0 Å². The summed E-state index contributed by atoms with van der Waals surface area (Å²) in [5.41, 5.74) is 8.60. The Kier molecular flexibility index (Phi) is 16.8. The number of benzene rings is 2. The van der Waals surface area contributed by atoms with Crippen LogP contribution in [0.1, 0.15) is 65.5 Å². The third-order valence-corrected chi connectivity index (χ3v) is 6.34. The summed E-state index contributed by atoms with van der Waals surface area (Å²) in [6.07, 6.45) is 11.1. The van der Waals surface area contributed by atoms with E-state index in [2.05, 4.69) is 139 Å². The molecule has 0 saturated carbocycles. The third-order valence-electron chi connectivity index (χ3n) is 6.34.